The van der Waals surface area contributed by atoms with Crippen molar-refractivity contribution >= 4 is 23.5 Å². The lowest BCUT2D eigenvalue weighted by atomic mass is 10.1. The molecular formula is C22H24N2O6. The molecule has 0 aromatic heterocycles. The number of fused-ring (bicyclic) bond motifs is 1. The highest BCUT2D eigenvalue weighted by atomic mass is 16.6. The molecule has 1 heterocycles. The van der Waals surface area contributed by atoms with Crippen molar-refractivity contribution in [1.29, 1.82) is 0 Å². The normalized spacial score (nSPS) is 12.1. The Labute approximate surface area is 174 Å². The van der Waals surface area contributed by atoms with Gasteiger partial charge in [0.2, 0.25) is 5.91 Å². The third kappa shape index (κ3) is 5.28. The van der Waals surface area contributed by atoms with Crippen LogP contribution in [-0.4, -0.2) is 56.1 Å². The molecule has 0 unspecified atom stereocenters. The van der Waals surface area contributed by atoms with Gasteiger partial charge in [0.15, 0.2) is 18.1 Å². The maximum atomic E-state index is 12.2. The third-order valence-corrected chi connectivity index (χ3v) is 4.58. The molecule has 8 heteroatoms. The van der Waals surface area contributed by atoms with Crippen LogP contribution >= 0.6 is 0 Å². The summed E-state index contributed by atoms with van der Waals surface area (Å²) in [7, 11) is 1.48. The zero-order valence-electron chi connectivity index (χ0n) is 17.2. The number of anilines is 1. The Balaban J connectivity index is 1.49. The number of esters is 1. The first-order valence-corrected chi connectivity index (χ1v) is 9.51. The molecule has 0 spiro atoms. The van der Waals surface area contributed by atoms with Crippen LogP contribution < -0.4 is 14.8 Å². The van der Waals surface area contributed by atoms with Gasteiger partial charge in [-0.2, -0.15) is 0 Å². The van der Waals surface area contributed by atoms with Crippen LogP contribution in [0, 0.1) is 13.8 Å². The molecule has 158 valence electrons. The molecule has 0 aliphatic carbocycles. The van der Waals surface area contributed by atoms with E-state index >= 15 is 0 Å². The molecule has 2 aromatic carbocycles. The van der Waals surface area contributed by atoms with Crippen molar-refractivity contribution in [2.45, 2.75) is 13.8 Å². The second-order valence-electron chi connectivity index (χ2n) is 7.05. The number of ether oxygens (including phenoxy) is 3. The van der Waals surface area contributed by atoms with Gasteiger partial charge in [0.25, 0.3) is 5.91 Å². The van der Waals surface area contributed by atoms with Crippen LogP contribution in [0.3, 0.4) is 0 Å². The number of aryl methyl sites for hydroxylation is 2. The quantitative estimate of drug-likeness (QED) is 0.732. The third-order valence-electron chi connectivity index (χ3n) is 4.58. The van der Waals surface area contributed by atoms with Gasteiger partial charge in [0.1, 0.15) is 13.2 Å². The van der Waals surface area contributed by atoms with E-state index in [1.54, 1.807) is 12.1 Å². The molecule has 0 saturated heterocycles. The van der Waals surface area contributed by atoms with Crippen molar-refractivity contribution in [2.75, 3.05) is 38.7 Å². The highest BCUT2D eigenvalue weighted by molar-refractivity contribution is 5.96. The highest BCUT2D eigenvalue weighted by Gasteiger charge is 2.19. The van der Waals surface area contributed by atoms with E-state index < -0.39 is 18.5 Å². The van der Waals surface area contributed by atoms with E-state index in [0.717, 1.165) is 11.1 Å². The predicted molar refractivity (Wildman–Crippen MR) is 110 cm³/mol. The number of likely N-dealkylation sites (N-methyl/N-ethyl adjacent to an activating group) is 1. The van der Waals surface area contributed by atoms with E-state index in [1.807, 2.05) is 32.0 Å². The minimum atomic E-state index is -0.659. The summed E-state index contributed by atoms with van der Waals surface area (Å²) in [5.41, 5.74) is 2.90. The molecule has 1 aliphatic heterocycles. The molecule has 0 atom stereocenters. The maximum Gasteiger partial charge on any atom is 0.338 e. The van der Waals surface area contributed by atoms with Crippen LogP contribution in [0.15, 0.2) is 36.4 Å². The van der Waals surface area contributed by atoms with E-state index in [0.29, 0.717) is 30.4 Å². The molecule has 0 bridgehead atoms. The lowest BCUT2D eigenvalue weighted by Gasteiger charge is -2.19. The van der Waals surface area contributed by atoms with Crippen molar-refractivity contribution in [3.63, 3.8) is 0 Å². The van der Waals surface area contributed by atoms with Gasteiger partial charge in [-0.25, -0.2) is 4.79 Å². The lowest BCUT2D eigenvalue weighted by Crippen LogP contribution is -2.37. The second kappa shape index (κ2) is 9.30. The fourth-order valence-corrected chi connectivity index (χ4v) is 2.85. The lowest BCUT2D eigenvalue weighted by molar-refractivity contribution is -0.136. The first-order valence-electron chi connectivity index (χ1n) is 9.51. The molecule has 8 nitrogen and oxygen atoms in total. The van der Waals surface area contributed by atoms with E-state index in [1.165, 1.54) is 18.0 Å². The number of benzene rings is 2. The number of carbonyl (C=O) groups excluding carboxylic acids is 3. The SMILES string of the molecule is Cc1ccc(C)c(NC(=O)CN(C)C(=O)COC(=O)c2ccc3c(c2)OCCO3)c1. The van der Waals surface area contributed by atoms with E-state index in [2.05, 4.69) is 5.32 Å². The molecule has 3 rings (SSSR count). The van der Waals surface area contributed by atoms with Gasteiger partial charge in [0.05, 0.1) is 12.1 Å². The highest BCUT2D eigenvalue weighted by Crippen LogP contribution is 2.30. The second-order valence-corrected chi connectivity index (χ2v) is 7.05. The van der Waals surface area contributed by atoms with Crippen molar-refractivity contribution in [3.8, 4) is 11.5 Å². The van der Waals surface area contributed by atoms with Crippen LogP contribution in [-0.2, 0) is 14.3 Å². The van der Waals surface area contributed by atoms with Gasteiger partial charge in [-0.3, -0.25) is 9.59 Å². The smallest absolute Gasteiger partial charge is 0.338 e. The van der Waals surface area contributed by atoms with Gasteiger partial charge in [-0.1, -0.05) is 12.1 Å². The van der Waals surface area contributed by atoms with Crippen LogP contribution in [0.4, 0.5) is 5.69 Å². The van der Waals surface area contributed by atoms with Crippen molar-refractivity contribution in [3.05, 3.63) is 53.1 Å². The zero-order chi connectivity index (χ0) is 21.7. The Morgan fingerprint density at radius 1 is 1.03 bits per heavy atom. The fourth-order valence-electron chi connectivity index (χ4n) is 2.85. The topological polar surface area (TPSA) is 94.2 Å². The average molecular weight is 412 g/mol. The summed E-state index contributed by atoms with van der Waals surface area (Å²) in [4.78, 5) is 37.9. The molecule has 0 saturated carbocycles. The Kier molecular flexibility index (Phi) is 6.56. The molecule has 30 heavy (non-hydrogen) atoms. The van der Waals surface area contributed by atoms with Crippen LogP contribution in [0.5, 0.6) is 11.5 Å². The summed E-state index contributed by atoms with van der Waals surface area (Å²) in [6, 6.07) is 10.4. The largest absolute Gasteiger partial charge is 0.486 e. The summed E-state index contributed by atoms with van der Waals surface area (Å²) in [6.45, 7) is 4.05. The first kappa shape index (κ1) is 21.2. The van der Waals surface area contributed by atoms with Crippen LogP contribution in [0.2, 0.25) is 0 Å². The monoisotopic (exact) mass is 412 g/mol. The molecule has 1 aliphatic rings. The Hall–Kier alpha value is -3.55. The summed E-state index contributed by atoms with van der Waals surface area (Å²) >= 11 is 0. The number of rotatable bonds is 6. The summed E-state index contributed by atoms with van der Waals surface area (Å²) in [5, 5.41) is 2.79. The van der Waals surface area contributed by atoms with Crippen molar-refractivity contribution in [2.24, 2.45) is 0 Å². The van der Waals surface area contributed by atoms with Crippen LogP contribution in [0.25, 0.3) is 0 Å². The molecule has 2 amide bonds. The molecule has 1 N–H and O–H groups in total. The van der Waals surface area contributed by atoms with Gasteiger partial charge in [-0.15, -0.1) is 0 Å². The standard InChI is InChI=1S/C22H24N2O6/c1-14-4-5-15(2)17(10-14)23-20(25)12-24(3)21(26)13-30-22(27)16-6-7-18-19(11-16)29-9-8-28-18/h4-7,10-11H,8-9,12-13H2,1-3H3,(H,23,25). The molecule has 2 aromatic rings. The van der Waals surface area contributed by atoms with Crippen LogP contribution in [0.1, 0.15) is 21.5 Å². The summed E-state index contributed by atoms with van der Waals surface area (Å²) in [5.74, 6) is -0.464. The number of hydrogen-bond donors (Lipinski definition) is 1. The number of amides is 2. The first-order chi connectivity index (χ1) is 14.3. The van der Waals surface area contributed by atoms with E-state index in [9.17, 15) is 14.4 Å². The zero-order valence-corrected chi connectivity index (χ0v) is 17.2. The average Bonchev–Trinajstić information content (AvgIpc) is 2.73. The van der Waals surface area contributed by atoms with Crippen molar-refractivity contribution < 1.29 is 28.6 Å². The Morgan fingerprint density at radius 2 is 1.77 bits per heavy atom. The minimum absolute atomic E-state index is 0.159. The summed E-state index contributed by atoms with van der Waals surface area (Å²) in [6.07, 6.45) is 0. The minimum Gasteiger partial charge on any atom is -0.486 e. The van der Waals surface area contributed by atoms with Crippen molar-refractivity contribution in [1.82, 2.24) is 4.90 Å². The van der Waals surface area contributed by atoms with Gasteiger partial charge >= 0.3 is 5.97 Å². The van der Waals surface area contributed by atoms with Gasteiger partial charge in [0, 0.05) is 12.7 Å². The number of hydrogen-bond acceptors (Lipinski definition) is 6. The molecule has 0 fully saturated rings. The van der Waals surface area contributed by atoms with E-state index in [-0.39, 0.29) is 18.0 Å². The number of nitrogens with zero attached hydrogens (tertiary/aromatic N) is 1. The fraction of sp³-hybridized carbons (Fsp3) is 0.318. The number of carbonyl (C=O) groups is 3. The Morgan fingerprint density at radius 3 is 2.53 bits per heavy atom. The van der Waals surface area contributed by atoms with Gasteiger partial charge in [-0.05, 0) is 49.2 Å². The van der Waals surface area contributed by atoms with E-state index in [4.69, 9.17) is 14.2 Å². The number of nitrogens with one attached hydrogen (secondary N) is 1. The Bertz CT molecular complexity index is 972. The molecule has 0 radical (unpaired) electrons. The molecular weight excluding hydrogens is 388 g/mol. The maximum absolute atomic E-state index is 12.2. The van der Waals surface area contributed by atoms with Gasteiger partial charge < -0.3 is 24.4 Å². The summed E-state index contributed by atoms with van der Waals surface area (Å²) < 4.78 is 15.9. The predicted octanol–water partition coefficient (Wildman–Crippen LogP) is 2.33.